The van der Waals surface area contributed by atoms with Gasteiger partial charge >= 0.3 is 0 Å². The Morgan fingerprint density at radius 3 is 2.77 bits per heavy atom. The van der Waals surface area contributed by atoms with Gasteiger partial charge in [-0.2, -0.15) is 5.10 Å². The molecule has 6 heteroatoms. The molecular formula is C16H17ClN4O. The Morgan fingerprint density at radius 1 is 1.27 bits per heavy atom. The molecule has 0 radical (unpaired) electrons. The number of halogens is 1. The van der Waals surface area contributed by atoms with E-state index >= 15 is 0 Å². The van der Waals surface area contributed by atoms with Crippen molar-refractivity contribution in [1.82, 2.24) is 0 Å². The van der Waals surface area contributed by atoms with Gasteiger partial charge in [-0.3, -0.25) is 0 Å². The summed E-state index contributed by atoms with van der Waals surface area (Å²) in [6, 6.07) is 7.83. The fourth-order valence-corrected chi connectivity index (χ4v) is 3.19. The quantitative estimate of drug-likeness (QED) is 0.507. The first-order chi connectivity index (χ1) is 10.6. The average molecular weight is 317 g/mol. The number of hydrogen-bond acceptors (Lipinski definition) is 3. The Hall–Kier alpha value is -2.27. The maximum Gasteiger partial charge on any atom is 0.211 e. The first-order valence-electron chi connectivity index (χ1n) is 7.03. The number of guanidine groups is 1. The molecule has 3 rings (SSSR count). The molecule has 0 aliphatic heterocycles. The van der Waals surface area contributed by atoms with E-state index in [0.29, 0.717) is 6.42 Å². The second kappa shape index (κ2) is 5.85. The Kier molecular flexibility index (Phi) is 3.90. The summed E-state index contributed by atoms with van der Waals surface area (Å²) in [4.78, 5) is 0. The van der Waals surface area contributed by atoms with Crippen LogP contribution >= 0.6 is 11.6 Å². The fourth-order valence-electron chi connectivity index (χ4n) is 2.90. The number of nitrogens with two attached hydrogens (primary N) is 2. The highest BCUT2D eigenvalue weighted by Crippen LogP contribution is 2.37. The minimum Gasteiger partial charge on any atom is -0.468 e. The monoisotopic (exact) mass is 316 g/mol. The van der Waals surface area contributed by atoms with Crippen LogP contribution in [0.2, 0.25) is 5.02 Å². The number of fused-ring (bicyclic) bond motifs is 1. The Bertz CT molecular complexity index is 759. The van der Waals surface area contributed by atoms with Gasteiger partial charge < -0.3 is 15.9 Å². The molecule has 1 heterocycles. The van der Waals surface area contributed by atoms with Gasteiger partial charge in [0.2, 0.25) is 5.96 Å². The van der Waals surface area contributed by atoms with Gasteiger partial charge in [0.15, 0.2) is 0 Å². The number of hydrogen-bond donors (Lipinski definition) is 2. The third kappa shape index (κ3) is 2.72. The fraction of sp³-hybridized carbons (Fsp3) is 0.250. The molecular weight excluding hydrogens is 300 g/mol. The summed E-state index contributed by atoms with van der Waals surface area (Å²) in [5, 5.41) is 8.77. The molecule has 0 fully saturated rings. The summed E-state index contributed by atoms with van der Waals surface area (Å²) < 4.78 is 5.68. The van der Waals surface area contributed by atoms with E-state index in [1.165, 1.54) is 0 Å². The van der Waals surface area contributed by atoms with Crippen LogP contribution in [0.1, 0.15) is 34.8 Å². The summed E-state index contributed by atoms with van der Waals surface area (Å²) in [6.07, 6.45) is 3.24. The van der Waals surface area contributed by atoms with Gasteiger partial charge in [0, 0.05) is 17.0 Å². The zero-order chi connectivity index (χ0) is 15.7. The Balaban J connectivity index is 2.04. The molecule has 2 aromatic rings. The lowest BCUT2D eigenvalue weighted by Crippen LogP contribution is -2.23. The van der Waals surface area contributed by atoms with E-state index in [0.717, 1.165) is 39.6 Å². The number of benzene rings is 1. The van der Waals surface area contributed by atoms with Crippen molar-refractivity contribution in [3.8, 4) is 0 Å². The van der Waals surface area contributed by atoms with Gasteiger partial charge in [0.25, 0.3) is 0 Å². The number of rotatable bonds is 2. The molecule has 114 valence electrons. The molecule has 0 saturated carbocycles. The molecule has 1 unspecified atom stereocenters. The number of nitrogens with zero attached hydrogens (tertiary/aromatic N) is 2. The minimum absolute atomic E-state index is 0.0601. The topological polar surface area (TPSA) is 89.9 Å². The van der Waals surface area contributed by atoms with E-state index in [1.54, 1.807) is 6.26 Å². The Morgan fingerprint density at radius 2 is 2.05 bits per heavy atom. The summed E-state index contributed by atoms with van der Waals surface area (Å²) >= 11 is 6.33. The molecule has 0 saturated heterocycles. The van der Waals surface area contributed by atoms with Gasteiger partial charge in [-0.15, -0.1) is 5.10 Å². The van der Waals surface area contributed by atoms with Crippen molar-refractivity contribution in [2.75, 3.05) is 0 Å². The van der Waals surface area contributed by atoms with Crippen molar-refractivity contribution in [3.63, 3.8) is 0 Å². The minimum atomic E-state index is -0.0601. The van der Waals surface area contributed by atoms with E-state index in [-0.39, 0.29) is 11.9 Å². The highest BCUT2D eigenvalue weighted by Gasteiger charge is 2.30. The van der Waals surface area contributed by atoms with Gasteiger partial charge in [-0.25, -0.2) is 0 Å². The normalized spacial score (nSPS) is 19.0. The summed E-state index contributed by atoms with van der Waals surface area (Å²) in [5.41, 5.74) is 14.7. The average Bonchev–Trinajstić information content (AvgIpc) is 2.87. The van der Waals surface area contributed by atoms with Crippen molar-refractivity contribution in [2.45, 2.75) is 25.7 Å². The molecule has 1 aliphatic carbocycles. The molecule has 1 aliphatic rings. The van der Waals surface area contributed by atoms with Crippen molar-refractivity contribution < 1.29 is 4.42 Å². The highest BCUT2D eigenvalue weighted by molar-refractivity contribution is 6.31. The van der Waals surface area contributed by atoms with Crippen LogP contribution in [0.25, 0.3) is 0 Å². The first kappa shape index (κ1) is 14.7. The third-order valence-corrected chi connectivity index (χ3v) is 4.19. The van der Waals surface area contributed by atoms with Crippen LogP contribution in [0.3, 0.4) is 0 Å². The van der Waals surface area contributed by atoms with Crippen molar-refractivity contribution in [2.24, 2.45) is 21.7 Å². The molecule has 22 heavy (non-hydrogen) atoms. The smallest absolute Gasteiger partial charge is 0.211 e. The SMILES string of the molecule is Cc1coc2c1/C(=N\N=C(N)N)CC(c1ccccc1Cl)C2. The maximum atomic E-state index is 6.33. The summed E-state index contributed by atoms with van der Waals surface area (Å²) in [6.45, 7) is 1.99. The summed E-state index contributed by atoms with van der Waals surface area (Å²) in [5.74, 6) is 1.04. The lowest BCUT2D eigenvalue weighted by molar-refractivity contribution is 0.480. The van der Waals surface area contributed by atoms with Crippen molar-refractivity contribution >= 4 is 23.3 Å². The second-order valence-corrected chi connectivity index (χ2v) is 5.82. The zero-order valence-corrected chi connectivity index (χ0v) is 13.0. The van der Waals surface area contributed by atoms with Crippen LogP contribution < -0.4 is 11.5 Å². The van der Waals surface area contributed by atoms with E-state index < -0.39 is 0 Å². The predicted octanol–water partition coefficient (Wildman–Crippen LogP) is 2.95. The maximum absolute atomic E-state index is 6.33. The van der Waals surface area contributed by atoms with Crippen LogP contribution in [-0.2, 0) is 6.42 Å². The van der Waals surface area contributed by atoms with Gasteiger partial charge in [-0.05, 0) is 36.5 Å². The molecule has 1 atom stereocenters. The first-order valence-corrected chi connectivity index (χ1v) is 7.41. The highest BCUT2D eigenvalue weighted by atomic mass is 35.5. The van der Waals surface area contributed by atoms with Crippen LogP contribution in [0.4, 0.5) is 0 Å². The van der Waals surface area contributed by atoms with Gasteiger partial charge in [0.1, 0.15) is 5.76 Å². The zero-order valence-electron chi connectivity index (χ0n) is 12.2. The second-order valence-electron chi connectivity index (χ2n) is 5.42. The van der Waals surface area contributed by atoms with Gasteiger partial charge in [0.05, 0.1) is 12.0 Å². The van der Waals surface area contributed by atoms with E-state index in [4.69, 9.17) is 27.5 Å². The van der Waals surface area contributed by atoms with Crippen molar-refractivity contribution in [3.05, 3.63) is 58.0 Å². The standard InChI is InChI=1S/C16H17ClN4O/c1-9-8-22-14-7-10(11-4-2-3-5-12(11)17)6-13(15(9)14)20-21-16(18)19/h2-5,8,10H,6-7H2,1H3,(H4,18,19,21)/b20-13-. The van der Waals surface area contributed by atoms with Crippen LogP contribution in [0, 0.1) is 6.92 Å². The van der Waals surface area contributed by atoms with Crippen LogP contribution in [-0.4, -0.2) is 11.7 Å². The molecule has 1 aromatic carbocycles. The van der Waals surface area contributed by atoms with Crippen molar-refractivity contribution in [1.29, 1.82) is 0 Å². The van der Waals surface area contributed by atoms with Crippen LogP contribution in [0.15, 0.2) is 45.1 Å². The lowest BCUT2D eigenvalue weighted by Gasteiger charge is -2.23. The molecule has 5 nitrogen and oxygen atoms in total. The predicted molar refractivity (Wildman–Crippen MR) is 88.3 cm³/mol. The number of aryl methyl sites for hydroxylation is 1. The van der Waals surface area contributed by atoms with E-state index in [2.05, 4.69) is 10.2 Å². The molecule has 0 bridgehead atoms. The van der Waals surface area contributed by atoms with E-state index in [1.807, 2.05) is 31.2 Å². The largest absolute Gasteiger partial charge is 0.468 e. The molecule has 0 spiro atoms. The molecule has 4 N–H and O–H groups in total. The lowest BCUT2D eigenvalue weighted by atomic mass is 9.81. The van der Waals surface area contributed by atoms with Gasteiger partial charge in [-0.1, -0.05) is 29.8 Å². The van der Waals surface area contributed by atoms with Crippen LogP contribution in [0.5, 0.6) is 0 Å². The molecule has 0 amide bonds. The van der Waals surface area contributed by atoms with E-state index in [9.17, 15) is 0 Å². The Labute approximate surface area is 133 Å². The summed E-state index contributed by atoms with van der Waals surface area (Å²) in [7, 11) is 0. The molecule has 1 aromatic heterocycles. The third-order valence-electron chi connectivity index (χ3n) is 3.84. The number of furan rings is 1.